The van der Waals surface area contributed by atoms with E-state index < -0.39 is 11.9 Å². The Hall–Kier alpha value is -3.43. The van der Waals surface area contributed by atoms with E-state index in [0.717, 1.165) is 36.3 Å². The first-order chi connectivity index (χ1) is 13.1. The molecule has 2 aromatic heterocycles. The molecule has 0 bridgehead atoms. The molecule has 10 nitrogen and oxygen atoms in total. The van der Waals surface area contributed by atoms with Crippen molar-refractivity contribution in [3.05, 3.63) is 30.1 Å². The summed E-state index contributed by atoms with van der Waals surface area (Å²) in [6.07, 6.45) is 4.81. The highest BCUT2D eigenvalue weighted by molar-refractivity contribution is 6.03. The molecular formula is C17H18N6O4. The number of carboxylic acids is 1. The van der Waals surface area contributed by atoms with Crippen molar-refractivity contribution in [1.29, 1.82) is 0 Å². The average Bonchev–Trinajstić information content (AvgIpc) is 3.32. The largest absolute Gasteiger partial charge is 0.477 e. The molecule has 1 fully saturated rings. The van der Waals surface area contributed by atoms with Gasteiger partial charge in [0.2, 0.25) is 5.91 Å². The number of nitrogens with one attached hydrogen (secondary N) is 1. The molecule has 140 valence electrons. The summed E-state index contributed by atoms with van der Waals surface area (Å²) in [5.41, 5.74) is 2.40. The fourth-order valence-electron chi connectivity index (χ4n) is 3.31. The van der Waals surface area contributed by atoms with Crippen LogP contribution in [0.4, 0.5) is 11.4 Å². The fraction of sp³-hybridized carbons (Fsp3) is 0.353. The van der Waals surface area contributed by atoms with Crippen molar-refractivity contribution in [3.63, 3.8) is 0 Å². The molecule has 0 atom stereocenters. The van der Waals surface area contributed by atoms with Gasteiger partial charge in [-0.05, 0) is 47.8 Å². The number of aromatic carboxylic acids is 1. The number of hydrogen-bond acceptors (Lipinski definition) is 7. The van der Waals surface area contributed by atoms with E-state index in [0.29, 0.717) is 16.7 Å². The van der Waals surface area contributed by atoms with Gasteiger partial charge in [0.15, 0.2) is 11.0 Å². The predicted molar refractivity (Wildman–Crippen MR) is 95.7 cm³/mol. The minimum absolute atomic E-state index is 0.0566. The van der Waals surface area contributed by atoms with Crippen molar-refractivity contribution in [2.45, 2.75) is 25.8 Å². The Kier molecular flexibility index (Phi) is 4.45. The Morgan fingerprint density at radius 3 is 2.67 bits per heavy atom. The molecule has 3 aromatic rings. The monoisotopic (exact) mass is 370 g/mol. The Morgan fingerprint density at radius 2 is 1.89 bits per heavy atom. The summed E-state index contributed by atoms with van der Waals surface area (Å²) >= 11 is 0. The molecule has 10 heteroatoms. The van der Waals surface area contributed by atoms with Crippen LogP contribution in [0, 0.1) is 0 Å². The van der Waals surface area contributed by atoms with Gasteiger partial charge >= 0.3 is 5.97 Å². The molecule has 1 saturated heterocycles. The predicted octanol–water partition coefficient (Wildman–Crippen LogP) is 1.75. The quantitative estimate of drug-likeness (QED) is 0.695. The lowest BCUT2D eigenvalue weighted by Gasteiger charge is -2.28. The summed E-state index contributed by atoms with van der Waals surface area (Å²) in [6, 6.07) is 4.99. The molecule has 1 aliphatic heterocycles. The number of aromatic nitrogens is 4. The second kappa shape index (κ2) is 7.06. The Morgan fingerprint density at radius 1 is 1.11 bits per heavy atom. The molecule has 0 unspecified atom stereocenters. The smallest absolute Gasteiger partial charge is 0.354 e. The molecule has 0 spiro atoms. The molecule has 2 N–H and O–H groups in total. The molecule has 1 amide bonds. The SMILES string of the molecule is O=C(Cn1nccc1C(=O)O)Nc1ccc(N2CCCCC2)c2nonc12. The minimum Gasteiger partial charge on any atom is -0.477 e. The van der Waals surface area contributed by atoms with E-state index in [9.17, 15) is 9.59 Å². The van der Waals surface area contributed by atoms with Gasteiger partial charge in [-0.25, -0.2) is 14.1 Å². The van der Waals surface area contributed by atoms with Gasteiger partial charge in [0.1, 0.15) is 12.2 Å². The lowest BCUT2D eigenvalue weighted by Crippen LogP contribution is -2.29. The third kappa shape index (κ3) is 3.33. The molecular weight excluding hydrogens is 352 g/mol. The van der Waals surface area contributed by atoms with Gasteiger partial charge in [-0.3, -0.25) is 4.79 Å². The van der Waals surface area contributed by atoms with Crippen LogP contribution in [0.5, 0.6) is 0 Å². The first-order valence-corrected chi connectivity index (χ1v) is 8.68. The highest BCUT2D eigenvalue weighted by Crippen LogP contribution is 2.31. The van der Waals surface area contributed by atoms with E-state index >= 15 is 0 Å². The maximum Gasteiger partial charge on any atom is 0.354 e. The third-order valence-electron chi connectivity index (χ3n) is 4.59. The number of carbonyl (C=O) groups excluding carboxylic acids is 1. The summed E-state index contributed by atoms with van der Waals surface area (Å²) in [5.74, 6) is -1.56. The zero-order valence-corrected chi connectivity index (χ0v) is 14.5. The van der Waals surface area contributed by atoms with Crippen LogP contribution in [-0.4, -0.2) is 50.2 Å². The average molecular weight is 370 g/mol. The number of nitrogens with zero attached hydrogens (tertiary/aromatic N) is 5. The Balaban J connectivity index is 1.55. The van der Waals surface area contributed by atoms with Crippen LogP contribution < -0.4 is 10.2 Å². The second-order valence-electron chi connectivity index (χ2n) is 6.37. The molecule has 0 radical (unpaired) electrons. The second-order valence-corrected chi connectivity index (χ2v) is 6.37. The summed E-state index contributed by atoms with van der Waals surface area (Å²) < 4.78 is 6.02. The van der Waals surface area contributed by atoms with Crippen molar-refractivity contribution >= 4 is 34.3 Å². The van der Waals surface area contributed by atoms with Gasteiger partial charge in [0, 0.05) is 19.3 Å². The summed E-state index contributed by atoms with van der Waals surface area (Å²) in [6.45, 7) is 1.67. The van der Waals surface area contributed by atoms with E-state index in [1.807, 2.05) is 6.07 Å². The standard InChI is InChI=1S/C17H18N6O4/c24-14(10-23-13(17(25)26)6-7-18-23)19-11-4-5-12(16-15(11)20-27-21-16)22-8-2-1-3-9-22/h4-7H,1-3,8-10H2,(H,19,24)(H,25,26). The zero-order chi connectivity index (χ0) is 18.8. The van der Waals surface area contributed by atoms with Crippen LogP contribution in [0.15, 0.2) is 29.0 Å². The van der Waals surface area contributed by atoms with E-state index in [4.69, 9.17) is 9.74 Å². The minimum atomic E-state index is -1.14. The normalized spacial score (nSPS) is 14.4. The van der Waals surface area contributed by atoms with Crippen molar-refractivity contribution in [2.24, 2.45) is 0 Å². The van der Waals surface area contributed by atoms with E-state index in [-0.39, 0.29) is 12.2 Å². The summed E-state index contributed by atoms with van der Waals surface area (Å²) in [5, 5.41) is 23.6. The van der Waals surface area contributed by atoms with Gasteiger partial charge in [0.25, 0.3) is 0 Å². The Labute approximate surface area is 153 Å². The molecule has 1 aromatic carbocycles. The van der Waals surface area contributed by atoms with Gasteiger partial charge in [-0.15, -0.1) is 0 Å². The van der Waals surface area contributed by atoms with Crippen LogP contribution in [0.3, 0.4) is 0 Å². The molecule has 0 saturated carbocycles. The van der Waals surface area contributed by atoms with Crippen molar-refractivity contribution < 1.29 is 19.3 Å². The van der Waals surface area contributed by atoms with Crippen LogP contribution in [0.25, 0.3) is 11.0 Å². The van der Waals surface area contributed by atoms with Crippen molar-refractivity contribution in [1.82, 2.24) is 20.1 Å². The number of anilines is 2. The van der Waals surface area contributed by atoms with Crippen LogP contribution in [-0.2, 0) is 11.3 Å². The number of amides is 1. The van der Waals surface area contributed by atoms with Gasteiger partial charge in [-0.1, -0.05) is 0 Å². The first-order valence-electron chi connectivity index (χ1n) is 8.68. The maximum atomic E-state index is 12.4. The van der Waals surface area contributed by atoms with E-state index in [2.05, 4.69) is 25.6 Å². The Bertz CT molecular complexity index is 988. The maximum absolute atomic E-state index is 12.4. The van der Waals surface area contributed by atoms with Gasteiger partial charge in [-0.2, -0.15) is 5.10 Å². The van der Waals surface area contributed by atoms with Gasteiger partial charge < -0.3 is 15.3 Å². The van der Waals surface area contributed by atoms with Crippen LogP contribution in [0.1, 0.15) is 29.8 Å². The number of carboxylic acid groups (broad SMARTS) is 1. The summed E-state index contributed by atoms with van der Waals surface area (Å²) in [7, 11) is 0. The number of hydrogen-bond donors (Lipinski definition) is 2. The molecule has 4 rings (SSSR count). The summed E-state index contributed by atoms with van der Waals surface area (Å²) in [4.78, 5) is 25.7. The van der Waals surface area contributed by atoms with Gasteiger partial charge in [0.05, 0.1) is 11.4 Å². The number of piperidine rings is 1. The van der Waals surface area contributed by atoms with E-state index in [1.54, 1.807) is 6.07 Å². The number of rotatable bonds is 5. The van der Waals surface area contributed by atoms with Crippen molar-refractivity contribution in [3.8, 4) is 0 Å². The fourth-order valence-corrected chi connectivity index (χ4v) is 3.31. The highest BCUT2D eigenvalue weighted by Gasteiger charge is 2.20. The lowest BCUT2D eigenvalue weighted by atomic mass is 10.1. The van der Waals surface area contributed by atoms with Crippen LogP contribution >= 0.6 is 0 Å². The highest BCUT2D eigenvalue weighted by atomic mass is 16.6. The molecule has 0 aliphatic carbocycles. The zero-order valence-electron chi connectivity index (χ0n) is 14.5. The third-order valence-corrected chi connectivity index (χ3v) is 4.59. The molecule has 1 aliphatic rings. The van der Waals surface area contributed by atoms with Crippen molar-refractivity contribution in [2.75, 3.05) is 23.3 Å². The number of fused-ring (bicyclic) bond motifs is 1. The van der Waals surface area contributed by atoms with Crippen LogP contribution in [0.2, 0.25) is 0 Å². The number of carbonyl (C=O) groups is 2. The molecule has 27 heavy (non-hydrogen) atoms. The molecule has 3 heterocycles. The first kappa shape index (κ1) is 17.0. The lowest BCUT2D eigenvalue weighted by molar-refractivity contribution is -0.116. The topological polar surface area (TPSA) is 126 Å². The number of benzene rings is 1. The van der Waals surface area contributed by atoms with E-state index in [1.165, 1.54) is 18.7 Å².